The average Bonchev–Trinajstić information content (AvgIpc) is 2.46. The SMILES string of the molecule is CCN1CCOC(CNS(=O)(=O)c2c[nH]ccc2=O)C1. The molecule has 0 radical (unpaired) electrons. The highest BCUT2D eigenvalue weighted by Gasteiger charge is 2.23. The van der Waals surface area contributed by atoms with Crippen LogP contribution in [-0.4, -0.2) is 57.2 Å². The van der Waals surface area contributed by atoms with Crippen LogP contribution in [0.5, 0.6) is 0 Å². The molecule has 1 aromatic heterocycles. The number of morpholine rings is 1. The molecular formula is C12H19N3O4S. The number of rotatable bonds is 5. The van der Waals surface area contributed by atoms with E-state index in [-0.39, 0.29) is 17.5 Å². The lowest BCUT2D eigenvalue weighted by atomic mass is 10.3. The Balaban J connectivity index is 2.00. The Morgan fingerprint density at radius 1 is 1.55 bits per heavy atom. The third-order valence-corrected chi connectivity index (χ3v) is 4.69. The van der Waals surface area contributed by atoms with Crippen LogP contribution in [0.15, 0.2) is 28.2 Å². The zero-order valence-electron chi connectivity index (χ0n) is 11.3. The van der Waals surface area contributed by atoms with Crippen molar-refractivity contribution >= 4 is 10.0 Å². The van der Waals surface area contributed by atoms with Gasteiger partial charge in [-0.2, -0.15) is 0 Å². The minimum atomic E-state index is -3.81. The topological polar surface area (TPSA) is 91.5 Å². The third-order valence-electron chi connectivity index (χ3n) is 3.25. The van der Waals surface area contributed by atoms with Gasteiger partial charge in [-0.15, -0.1) is 0 Å². The monoisotopic (exact) mass is 301 g/mol. The minimum absolute atomic E-state index is 0.160. The molecule has 1 unspecified atom stereocenters. The molecule has 112 valence electrons. The second-order valence-electron chi connectivity index (χ2n) is 4.61. The Kier molecular flexibility index (Phi) is 4.92. The van der Waals surface area contributed by atoms with E-state index in [0.29, 0.717) is 13.2 Å². The zero-order valence-corrected chi connectivity index (χ0v) is 12.1. The lowest BCUT2D eigenvalue weighted by Gasteiger charge is -2.32. The van der Waals surface area contributed by atoms with Crippen LogP contribution in [0, 0.1) is 0 Å². The number of hydrogen-bond donors (Lipinski definition) is 2. The van der Waals surface area contributed by atoms with Crippen molar-refractivity contribution in [1.82, 2.24) is 14.6 Å². The van der Waals surface area contributed by atoms with Gasteiger partial charge in [0.25, 0.3) is 0 Å². The summed E-state index contributed by atoms with van der Waals surface area (Å²) in [6, 6.07) is 1.19. The summed E-state index contributed by atoms with van der Waals surface area (Å²) in [6.07, 6.45) is 2.39. The fraction of sp³-hybridized carbons (Fsp3) is 0.583. The molecule has 1 aliphatic rings. The lowest BCUT2D eigenvalue weighted by Crippen LogP contribution is -2.47. The molecular weight excluding hydrogens is 282 g/mol. The summed E-state index contributed by atoms with van der Waals surface area (Å²) >= 11 is 0. The second kappa shape index (κ2) is 6.49. The highest BCUT2D eigenvalue weighted by Crippen LogP contribution is 2.06. The van der Waals surface area contributed by atoms with E-state index in [2.05, 4.69) is 21.5 Å². The Bertz CT molecular complexity index is 599. The number of nitrogens with one attached hydrogen (secondary N) is 2. The molecule has 2 N–H and O–H groups in total. The average molecular weight is 301 g/mol. The molecule has 2 heterocycles. The number of pyridine rings is 1. The number of ether oxygens (including phenoxy) is 1. The van der Waals surface area contributed by atoms with Gasteiger partial charge in [-0.3, -0.25) is 9.69 Å². The predicted molar refractivity (Wildman–Crippen MR) is 74.1 cm³/mol. The molecule has 20 heavy (non-hydrogen) atoms. The van der Waals surface area contributed by atoms with Crippen molar-refractivity contribution in [3.63, 3.8) is 0 Å². The first kappa shape index (κ1) is 15.2. The van der Waals surface area contributed by atoms with E-state index in [0.717, 1.165) is 13.1 Å². The molecule has 1 aromatic rings. The maximum Gasteiger partial charge on any atom is 0.246 e. The molecule has 0 saturated carbocycles. The van der Waals surface area contributed by atoms with Crippen molar-refractivity contribution in [3.05, 3.63) is 28.7 Å². The van der Waals surface area contributed by atoms with Gasteiger partial charge >= 0.3 is 0 Å². The van der Waals surface area contributed by atoms with Crippen molar-refractivity contribution in [1.29, 1.82) is 0 Å². The molecule has 0 bridgehead atoms. The van der Waals surface area contributed by atoms with E-state index in [4.69, 9.17) is 4.74 Å². The first-order chi connectivity index (χ1) is 9.53. The standard InChI is InChI=1S/C12H19N3O4S/c1-2-15-5-6-19-10(9-15)7-14-20(17,18)12-8-13-4-3-11(12)16/h3-4,8,10,14H,2,5-7,9H2,1H3,(H,13,16). The fourth-order valence-corrected chi connectivity index (χ4v) is 3.20. The molecule has 1 atom stereocenters. The van der Waals surface area contributed by atoms with Crippen LogP contribution in [0.25, 0.3) is 0 Å². The minimum Gasteiger partial charge on any atom is -0.374 e. The van der Waals surface area contributed by atoms with Gasteiger partial charge in [-0.1, -0.05) is 6.92 Å². The molecule has 0 aromatic carbocycles. The van der Waals surface area contributed by atoms with Crippen molar-refractivity contribution in [3.8, 4) is 0 Å². The number of nitrogens with zero attached hydrogens (tertiary/aromatic N) is 1. The van der Waals surface area contributed by atoms with E-state index >= 15 is 0 Å². The highest BCUT2D eigenvalue weighted by atomic mass is 32.2. The smallest absolute Gasteiger partial charge is 0.246 e. The van der Waals surface area contributed by atoms with Crippen molar-refractivity contribution in [2.24, 2.45) is 0 Å². The van der Waals surface area contributed by atoms with Gasteiger partial charge < -0.3 is 9.72 Å². The summed E-state index contributed by atoms with van der Waals surface area (Å²) in [5, 5.41) is 0. The number of sulfonamides is 1. The van der Waals surface area contributed by atoms with Gasteiger partial charge in [-0.25, -0.2) is 13.1 Å². The van der Waals surface area contributed by atoms with Gasteiger partial charge in [0.1, 0.15) is 4.90 Å². The largest absolute Gasteiger partial charge is 0.374 e. The Hall–Kier alpha value is -1.22. The Morgan fingerprint density at radius 2 is 2.35 bits per heavy atom. The summed E-state index contributed by atoms with van der Waals surface area (Å²) in [5.74, 6) is 0. The molecule has 0 spiro atoms. The van der Waals surface area contributed by atoms with Gasteiger partial charge in [0.05, 0.1) is 12.7 Å². The van der Waals surface area contributed by atoms with Gasteiger partial charge in [0, 0.05) is 38.1 Å². The van der Waals surface area contributed by atoms with Crippen molar-refractivity contribution < 1.29 is 13.2 Å². The molecule has 1 saturated heterocycles. The summed E-state index contributed by atoms with van der Waals surface area (Å²) < 4.78 is 32.0. The van der Waals surface area contributed by atoms with Gasteiger partial charge in [-0.05, 0) is 6.54 Å². The van der Waals surface area contributed by atoms with E-state index in [9.17, 15) is 13.2 Å². The van der Waals surface area contributed by atoms with Crippen molar-refractivity contribution in [2.45, 2.75) is 17.9 Å². The van der Waals surface area contributed by atoms with Crippen LogP contribution in [0.4, 0.5) is 0 Å². The Labute approximate surface area is 118 Å². The van der Waals surface area contributed by atoms with Crippen molar-refractivity contribution in [2.75, 3.05) is 32.8 Å². The van der Waals surface area contributed by atoms with Crippen LogP contribution < -0.4 is 10.2 Å². The highest BCUT2D eigenvalue weighted by molar-refractivity contribution is 7.89. The van der Waals surface area contributed by atoms with Crippen LogP contribution in [-0.2, 0) is 14.8 Å². The molecule has 8 heteroatoms. The molecule has 0 amide bonds. The van der Waals surface area contributed by atoms with Gasteiger partial charge in [0.15, 0.2) is 0 Å². The number of aromatic nitrogens is 1. The summed E-state index contributed by atoms with van der Waals surface area (Å²) in [7, 11) is -3.81. The lowest BCUT2D eigenvalue weighted by molar-refractivity contribution is -0.0229. The summed E-state index contributed by atoms with van der Waals surface area (Å²) in [4.78, 5) is 16.1. The molecule has 2 rings (SSSR count). The van der Waals surface area contributed by atoms with E-state index < -0.39 is 15.5 Å². The fourth-order valence-electron chi connectivity index (χ4n) is 2.08. The molecule has 1 aliphatic heterocycles. The number of aromatic amines is 1. The quantitative estimate of drug-likeness (QED) is 0.756. The third kappa shape index (κ3) is 3.66. The molecule has 7 nitrogen and oxygen atoms in total. The number of hydrogen-bond acceptors (Lipinski definition) is 5. The van der Waals surface area contributed by atoms with Gasteiger partial charge in [0.2, 0.25) is 15.5 Å². The maximum absolute atomic E-state index is 12.0. The summed E-state index contributed by atoms with van der Waals surface area (Å²) in [6.45, 7) is 5.25. The van der Waals surface area contributed by atoms with E-state index in [1.807, 2.05) is 0 Å². The van der Waals surface area contributed by atoms with Crippen LogP contribution in [0.3, 0.4) is 0 Å². The Morgan fingerprint density at radius 3 is 3.05 bits per heavy atom. The maximum atomic E-state index is 12.0. The predicted octanol–water partition coefficient (Wildman–Crippen LogP) is -0.626. The van der Waals surface area contributed by atoms with Crippen LogP contribution in [0.1, 0.15) is 6.92 Å². The van der Waals surface area contributed by atoms with E-state index in [1.54, 1.807) is 0 Å². The van der Waals surface area contributed by atoms with Crippen LogP contribution in [0.2, 0.25) is 0 Å². The number of H-pyrrole nitrogens is 1. The molecule has 1 fully saturated rings. The van der Waals surface area contributed by atoms with E-state index in [1.165, 1.54) is 18.5 Å². The van der Waals surface area contributed by atoms with Crippen LogP contribution >= 0.6 is 0 Å². The molecule has 0 aliphatic carbocycles. The first-order valence-electron chi connectivity index (χ1n) is 6.53. The first-order valence-corrected chi connectivity index (χ1v) is 8.02. The summed E-state index contributed by atoms with van der Waals surface area (Å²) in [5.41, 5.74) is -0.531. The zero-order chi connectivity index (χ0) is 14.6. The normalized spacial score (nSPS) is 20.9. The second-order valence-corrected chi connectivity index (χ2v) is 6.35. The number of likely N-dealkylation sites (N-methyl/N-ethyl adjacent to an activating group) is 1.